The first kappa shape index (κ1) is 24.3. The third-order valence-corrected chi connectivity index (χ3v) is 5.87. The van der Waals surface area contributed by atoms with E-state index in [1.807, 2.05) is 23.7 Å². The van der Waals surface area contributed by atoms with Gasteiger partial charge in [0.15, 0.2) is 11.0 Å². The maximum Gasteiger partial charge on any atom is 0.338 e. The fourth-order valence-electron chi connectivity index (χ4n) is 2.92. The van der Waals surface area contributed by atoms with E-state index in [9.17, 15) is 9.59 Å². The fourth-order valence-corrected chi connectivity index (χ4v) is 3.65. The molecule has 1 aromatic heterocycles. The smallest absolute Gasteiger partial charge is 0.338 e. The number of hydrogen-bond donors (Lipinski definition) is 1. The number of benzene rings is 2. The first-order valence-electron chi connectivity index (χ1n) is 10.7. The predicted molar refractivity (Wildman–Crippen MR) is 128 cm³/mol. The van der Waals surface area contributed by atoms with E-state index in [1.165, 1.54) is 17.3 Å². The maximum absolute atomic E-state index is 12.3. The molecule has 0 aliphatic carbocycles. The summed E-state index contributed by atoms with van der Waals surface area (Å²) in [5, 5.41) is 11.8. The van der Waals surface area contributed by atoms with Crippen LogP contribution in [0, 0.1) is 0 Å². The summed E-state index contributed by atoms with van der Waals surface area (Å²) in [5.74, 6) is 1.50. The average Bonchev–Trinajstić information content (AvgIpc) is 3.16. The summed E-state index contributed by atoms with van der Waals surface area (Å²) in [6, 6.07) is 14.6. The summed E-state index contributed by atoms with van der Waals surface area (Å²) in [5.41, 5.74) is 2.30. The summed E-state index contributed by atoms with van der Waals surface area (Å²) in [6.07, 6.45) is 0. The minimum absolute atomic E-state index is 0.170. The largest absolute Gasteiger partial charge is 0.486 e. The molecule has 1 heterocycles. The van der Waals surface area contributed by atoms with Gasteiger partial charge in [-0.2, -0.15) is 0 Å². The number of nitrogens with one attached hydrogen (secondary N) is 1. The molecule has 0 unspecified atom stereocenters. The van der Waals surface area contributed by atoms with Gasteiger partial charge < -0.3 is 19.4 Å². The van der Waals surface area contributed by atoms with Gasteiger partial charge in [0.05, 0.1) is 17.9 Å². The highest BCUT2D eigenvalue weighted by Crippen LogP contribution is 2.21. The second-order valence-corrected chi connectivity index (χ2v) is 8.55. The normalized spacial score (nSPS) is 10.8. The topological polar surface area (TPSA) is 95.3 Å². The van der Waals surface area contributed by atoms with E-state index in [0.29, 0.717) is 34.8 Å². The van der Waals surface area contributed by atoms with E-state index in [2.05, 4.69) is 41.5 Å². The molecule has 0 saturated heterocycles. The van der Waals surface area contributed by atoms with Gasteiger partial charge in [0.1, 0.15) is 12.4 Å². The molecule has 0 fully saturated rings. The number of thioether (sulfide) groups is 1. The number of anilines is 1. The van der Waals surface area contributed by atoms with Crippen LogP contribution < -0.4 is 10.1 Å². The molecule has 0 aliphatic rings. The number of amides is 1. The number of aromatic nitrogens is 3. The van der Waals surface area contributed by atoms with Gasteiger partial charge in [-0.05, 0) is 54.8 Å². The van der Waals surface area contributed by atoms with E-state index in [1.54, 1.807) is 31.2 Å². The molecular weight excluding hydrogens is 440 g/mol. The van der Waals surface area contributed by atoms with E-state index in [0.717, 1.165) is 5.75 Å². The Morgan fingerprint density at radius 3 is 2.39 bits per heavy atom. The molecule has 174 valence electrons. The van der Waals surface area contributed by atoms with Crippen molar-refractivity contribution in [3.05, 3.63) is 65.5 Å². The van der Waals surface area contributed by atoms with Gasteiger partial charge in [-0.15, -0.1) is 10.2 Å². The average molecular weight is 469 g/mol. The molecule has 1 N–H and O–H groups in total. The Morgan fingerprint density at radius 1 is 1.06 bits per heavy atom. The number of nitrogens with zero attached hydrogens (tertiary/aromatic N) is 3. The van der Waals surface area contributed by atoms with Crippen molar-refractivity contribution in [3.63, 3.8) is 0 Å². The number of hydrogen-bond acceptors (Lipinski definition) is 7. The molecule has 3 aromatic rings. The van der Waals surface area contributed by atoms with Gasteiger partial charge in [-0.1, -0.05) is 37.7 Å². The van der Waals surface area contributed by atoms with Crippen molar-refractivity contribution in [2.24, 2.45) is 7.05 Å². The van der Waals surface area contributed by atoms with Crippen molar-refractivity contribution < 1.29 is 19.1 Å². The minimum Gasteiger partial charge on any atom is -0.486 e. The van der Waals surface area contributed by atoms with Crippen LogP contribution in [0.1, 0.15) is 48.4 Å². The lowest BCUT2D eigenvalue weighted by atomic mass is 10.0. The highest BCUT2D eigenvalue weighted by Gasteiger charge is 2.13. The first-order chi connectivity index (χ1) is 15.9. The van der Waals surface area contributed by atoms with Gasteiger partial charge in [-0.3, -0.25) is 4.79 Å². The molecule has 0 spiro atoms. The molecule has 2 aromatic carbocycles. The van der Waals surface area contributed by atoms with Crippen LogP contribution in [0.4, 0.5) is 5.69 Å². The van der Waals surface area contributed by atoms with Crippen LogP contribution in [-0.2, 0) is 23.2 Å². The molecule has 9 heteroatoms. The van der Waals surface area contributed by atoms with Crippen molar-refractivity contribution >= 4 is 29.3 Å². The minimum atomic E-state index is -0.388. The van der Waals surface area contributed by atoms with Gasteiger partial charge in [0.25, 0.3) is 0 Å². The standard InChI is InChI=1S/C24H28N4O4S/c1-5-31-23(30)18-6-10-19(11-7-18)25-22(29)15-33-24-27-26-21(28(24)4)14-32-20-12-8-17(9-13-20)16(2)3/h6-13,16H,5,14-15H2,1-4H3,(H,25,29). The van der Waals surface area contributed by atoms with Gasteiger partial charge in [-0.25, -0.2) is 4.79 Å². The zero-order chi connectivity index (χ0) is 23.8. The lowest BCUT2D eigenvalue weighted by Gasteiger charge is -2.09. The van der Waals surface area contributed by atoms with Crippen molar-refractivity contribution in [1.82, 2.24) is 14.8 Å². The molecule has 0 radical (unpaired) electrons. The summed E-state index contributed by atoms with van der Waals surface area (Å²) >= 11 is 1.28. The van der Waals surface area contributed by atoms with Crippen LogP contribution in [0.15, 0.2) is 53.7 Å². The fraction of sp³-hybridized carbons (Fsp3) is 0.333. The first-order valence-corrected chi connectivity index (χ1v) is 11.7. The summed E-state index contributed by atoms with van der Waals surface area (Å²) in [7, 11) is 1.84. The molecule has 0 atom stereocenters. The molecule has 8 nitrogen and oxygen atoms in total. The molecule has 33 heavy (non-hydrogen) atoms. The maximum atomic E-state index is 12.3. The molecule has 3 rings (SSSR count). The predicted octanol–water partition coefficient (Wildman–Crippen LogP) is 4.43. The number of rotatable bonds is 10. The van der Waals surface area contributed by atoms with Crippen molar-refractivity contribution in [2.45, 2.75) is 38.5 Å². The van der Waals surface area contributed by atoms with E-state index < -0.39 is 0 Å². The van der Waals surface area contributed by atoms with Crippen LogP contribution in [0.2, 0.25) is 0 Å². The Bertz CT molecular complexity index is 1080. The van der Waals surface area contributed by atoms with Crippen LogP contribution >= 0.6 is 11.8 Å². The number of ether oxygens (including phenoxy) is 2. The van der Waals surface area contributed by atoms with Crippen LogP contribution in [0.25, 0.3) is 0 Å². The lowest BCUT2D eigenvalue weighted by molar-refractivity contribution is -0.113. The molecule has 0 aliphatic heterocycles. The number of carbonyl (C=O) groups is 2. The third-order valence-electron chi connectivity index (χ3n) is 4.85. The molecule has 0 saturated carbocycles. The van der Waals surface area contributed by atoms with Crippen molar-refractivity contribution in [1.29, 1.82) is 0 Å². The van der Waals surface area contributed by atoms with Crippen LogP contribution in [0.3, 0.4) is 0 Å². The zero-order valence-electron chi connectivity index (χ0n) is 19.2. The molecular formula is C24H28N4O4S. The van der Waals surface area contributed by atoms with E-state index >= 15 is 0 Å². The van der Waals surface area contributed by atoms with E-state index in [4.69, 9.17) is 9.47 Å². The summed E-state index contributed by atoms with van der Waals surface area (Å²) < 4.78 is 12.6. The Morgan fingerprint density at radius 2 is 1.76 bits per heavy atom. The van der Waals surface area contributed by atoms with Gasteiger partial charge in [0.2, 0.25) is 5.91 Å². The van der Waals surface area contributed by atoms with Gasteiger partial charge in [0, 0.05) is 12.7 Å². The second kappa shape index (κ2) is 11.5. The summed E-state index contributed by atoms with van der Waals surface area (Å²) in [6.45, 7) is 6.65. The highest BCUT2D eigenvalue weighted by atomic mass is 32.2. The molecule has 1 amide bonds. The summed E-state index contributed by atoms with van der Waals surface area (Å²) in [4.78, 5) is 24.0. The lowest BCUT2D eigenvalue weighted by Crippen LogP contribution is -2.15. The van der Waals surface area contributed by atoms with Crippen molar-refractivity contribution in [3.8, 4) is 5.75 Å². The number of esters is 1. The third kappa shape index (κ3) is 6.82. The number of carbonyl (C=O) groups excluding carboxylic acids is 2. The highest BCUT2D eigenvalue weighted by molar-refractivity contribution is 7.99. The zero-order valence-corrected chi connectivity index (χ0v) is 20.0. The van der Waals surface area contributed by atoms with E-state index in [-0.39, 0.29) is 24.2 Å². The Balaban J connectivity index is 1.48. The Hall–Kier alpha value is -3.33. The second-order valence-electron chi connectivity index (χ2n) is 7.60. The monoisotopic (exact) mass is 468 g/mol. The van der Waals surface area contributed by atoms with Crippen LogP contribution in [0.5, 0.6) is 5.75 Å². The van der Waals surface area contributed by atoms with Crippen LogP contribution in [-0.4, -0.2) is 39.0 Å². The Labute approximate surface area is 197 Å². The Kier molecular flexibility index (Phi) is 8.48. The van der Waals surface area contributed by atoms with Gasteiger partial charge >= 0.3 is 5.97 Å². The quantitative estimate of drug-likeness (QED) is 0.347. The SMILES string of the molecule is CCOC(=O)c1ccc(NC(=O)CSc2nnc(COc3ccc(C(C)C)cc3)n2C)cc1. The van der Waals surface area contributed by atoms with Crippen molar-refractivity contribution in [2.75, 3.05) is 17.7 Å². The molecule has 0 bridgehead atoms.